The molecule has 1 aliphatic heterocycles. The van der Waals surface area contributed by atoms with Gasteiger partial charge < -0.3 is 20.1 Å². The van der Waals surface area contributed by atoms with Crippen molar-refractivity contribution in [3.8, 4) is 0 Å². The van der Waals surface area contributed by atoms with Gasteiger partial charge in [0.25, 0.3) is 0 Å². The van der Waals surface area contributed by atoms with Crippen molar-refractivity contribution in [2.45, 2.75) is 32.4 Å². The minimum Gasteiger partial charge on any atom is -0.480 e. The van der Waals surface area contributed by atoms with Crippen molar-refractivity contribution in [3.05, 3.63) is 0 Å². The highest BCUT2D eigenvalue weighted by molar-refractivity contribution is 5.82. The van der Waals surface area contributed by atoms with E-state index in [9.17, 15) is 9.59 Å². The molecule has 0 aliphatic carbocycles. The number of nitrogens with one attached hydrogen (secondary N) is 1. The predicted octanol–water partition coefficient (Wildman–Crippen LogP) is 0.280. The van der Waals surface area contributed by atoms with Gasteiger partial charge in [-0.05, 0) is 20.8 Å². The second kappa shape index (κ2) is 4.69. The number of carboxylic acids is 1. The molecule has 0 spiro atoms. The summed E-state index contributed by atoms with van der Waals surface area (Å²) in [6.45, 7) is 6.63. The van der Waals surface area contributed by atoms with Crippen molar-refractivity contribution in [2.75, 3.05) is 19.8 Å². The minimum atomic E-state index is -1.04. The van der Waals surface area contributed by atoms with E-state index in [1.807, 2.05) is 13.8 Å². The highest BCUT2D eigenvalue weighted by Crippen LogP contribution is 2.18. The first kappa shape index (κ1) is 12.8. The van der Waals surface area contributed by atoms with Gasteiger partial charge in [-0.1, -0.05) is 0 Å². The van der Waals surface area contributed by atoms with Crippen molar-refractivity contribution in [3.63, 3.8) is 0 Å². The van der Waals surface area contributed by atoms with Crippen LogP contribution in [0.5, 0.6) is 0 Å². The van der Waals surface area contributed by atoms with Crippen molar-refractivity contribution in [2.24, 2.45) is 0 Å². The summed E-state index contributed by atoms with van der Waals surface area (Å²) in [7, 11) is 0. The molecule has 1 aliphatic rings. The van der Waals surface area contributed by atoms with Crippen LogP contribution in [0.1, 0.15) is 20.8 Å². The fraction of sp³-hybridized carbons (Fsp3) is 0.800. The van der Waals surface area contributed by atoms with E-state index in [0.717, 1.165) is 0 Å². The number of hydrogen-bond acceptors (Lipinski definition) is 3. The summed E-state index contributed by atoms with van der Waals surface area (Å²) in [6.07, 6.45) is 0. The van der Waals surface area contributed by atoms with Crippen LogP contribution >= 0.6 is 0 Å². The Bertz CT molecular complexity index is 291. The fourth-order valence-electron chi connectivity index (χ4n) is 1.56. The van der Waals surface area contributed by atoms with Gasteiger partial charge in [0.1, 0.15) is 6.04 Å². The number of rotatable bonds is 2. The number of aliphatic carboxylic acids is 1. The Kier molecular flexibility index (Phi) is 3.74. The smallest absolute Gasteiger partial charge is 0.325 e. The van der Waals surface area contributed by atoms with E-state index in [0.29, 0.717) is 19.8 Å². The van der Waals surface area contributed by atoms with E-state index in [1.165, 1.54) is 6.92 Å². The maximum Gasteiger partial charge on any atom is 0.325 e. The van der Waals surface area contributed by atoms with Crippen LogP contribution in [-0.2, 0) is 9.53 Å². The van der Waals surface area contributed by atoms with Gasteiger partial charge in [-0.3, -0.25) is 4.79 Å². The lowest BCUT2D eigenvalue weighted by Crippen LogP contribution is -2.59. The lowest BCUT2D eigenvalue weighted by molar-refractivity contribution is -0.138. The second-order valence-electron chi connectivity index (χ2n) is 4.53. The fourth-order valence-corrected chi connectivity index (χ4v) is 1.56. The van der Waals surface area contributed by atoms with Crippen LogP contribution in [0.2, 0.25) is 0 Å². The number of urea groups is 1. The van der Waals surface area contributed by atoms with Crippen LogP contribution in [0.15, 0.2) is 0 Å². The lowest BCUT2D eigenvalue weighted by Gasteiger charge is -2.42. The van der Waals surface area contributed by atoms with Gasteiger partial charge in [-0.2, -0.15) is 0 Å². The molecule has 6 nitrogen and oxygen atoms in total. The van der Waals surface area contributed by atoms with Gasteiger partial charge in [0, 0.05) is 6.54 Å². The van der Waals surface area contributed by atoms with Crippen LogP contribution in [0.25, 0.3) is 0 Å². The molecule has 0 aromatic rings. The number of carboxylic acid groups (broad SMARTS) is 1. The Labute approximate surface area is 94.6 Å². The van der Waals surface area contributed by atoms with E-state index < -0.39 is 17.6 Å². The van der Waals surface area contributed by atoms with E-state index in [2.05, 4.69) is 5.32 Å². The molecule has 1 saturated heterocycles. The molecule has 1 heterocycles. The average molecular weight is 230 g/mol. The molecule has 92 valence electrons. The Hall–Kier alpha value is -1.30. The number of morpholine rings is 1. The van der Waals surface area contributed by atoms with E-state index in [1.54, 1.807) is 4.90 Å². The molecular weight excluding hydrogens is 212 g/mol. The number of ether oxygens (including phenoxy) is 1. The SMILES string of the molecule is CC(NC(=O)N1CCOCC1(C)C)C(=O)O. The number of nitrogens with zero attached hydrogens (tertiary/aromatic N) is 1. The van der Waals surface area contributed by atoms with Gasteiger partial charge in [0.05, 0.1) is 18.8 Å². The molecule has 16 heavy (non-hydrogen) atoms. The summed E-state index contributed by atoms with van der Waals surface area (Å²) < 4.78 is 5.28. The third kappa shape index (κ3) is 2.85. The molecule has 1 rings (SSSR count). The number of carbonyl (C=O) groups excluding carboxylic acids is 1. The predicted molar refractivity (Wildman–Crippen MR) is 57.2 cm³/mol. The van der Waals surface area contributed by atoms with Gasteiger partial charge in [0.2, 0.25) is 0 Å². The third-order valence-electron chi connectivity index (χ3n) is 2.60. The first-order valence-corrected chi connectivity index (χ1v) is 5.23. The monoisotopic (exact) mass is 230 g/mol. The Morgan fingerprint density at radius 2 is 2.12 bits per heavy atom. The Balaban J connectivity index is 2.62. The number of hydrogen-bond donors (Lipinski definition) is 2. The zero-order valence-corrected chi connectivity index (χ0v) is 9.82. The van der Waals surface area contributed by atoms with Gasteiger partial charge in [0.15, 0.2) is 0 Å². The van der Waals surface area contributed by atoms with Crippen molar-refractivity contribution in [1.82, 2.24) is 10.2 Å². The molecule has 0 aromatic carbocycles. The Morgan fingerprint density at radius 1 is 1.50 bits per heavy atom. The van der Waals surface area contributed by atoms with Crippen LogP contribution in [0.4, 0.5) is 4.79 Å². The Morgan fingerprint density at radius 3 is 2.62 bits per heavy atom. The van der Waals surface area contributed by atoms with Crippen LogP contribution < -0.4 is 5.32 Å². The normalized spacial score (nSPS) is 21.3. The molecule has 1 unspecified atom stereocenters. The quantitative estimate of drug-likeness (QED) is 0.714. The third-order valence-corrected chi connectivity index (χ3v) is 2.60. The standard InChI is InChI=1S/C10H18N2O4/c1-7(8(13)14)11-9(15)12-4-5-16-6-10(12,2)3/h7H,4-6H2,1-3H3,(H,11,15)(H,13,14). The molecule has 0 aromatic heterocycles. The maximum atomic E-state index is 11.8. The molecular formula is C10H18N2O4. The van der Waals surface area contributed by atoms with Crippen molar-refractivity contribution >= 4 is 12.0 Å². The van der Waals surface area contributed by atoms with Crippen LogP contribution in [0, 0.1) is 0 Å². The molecule has 0 radical (unpaired) electrons. The molecule has 6 heteroatoms. The molecule has 0 bridgehead atoms. The first-order chi connectivity index (χ1) is 7.34. The average Bonchev–Trinajstić information content (AvgIpc) is 2.16. The molecule has 0 saturated carbocycles. The molecule has 2 N–H and O–H groups in total. The highest BCUT2D eigenvalue weighted by Gasteiger charge is 2.34. The van der Waals surface area contributed by atoms with E-state index >= 15 is 0 Å². The van der Waals surface area contributed by atoms with Crippen molar-refractivity contribution in [1.29, 1.82) is 0 Å². The van der Waals surface area contributed by atoms with E-state index in [-0.39, 0.29) is 6.03 Å². The first-order valence-electron chi connectivity index (χ1n) is 5.23. The van der Waals surface area contributed by atoms with Gasteiger partial charge in [-0.25, -0.2) is 4.79 Å². The van der Waals surface area contributed by atoms with E-state index in [4.69, 9.17) is 9.84 Å². The lowest BCUT2D eigenvalue weighted by atomic mass is 10.0. The van der Waals surface area contributed by atoms with Crippen molar-refractivity contribution < 1.29 is 19.4 Å². The van der Waals surface area contributed by atoms with Crippen LogP contribution in [-0.4, -0.2) is 53.3 Å². The summed E-state index contributed by atoms with van der Waals surface area (Å²) in [5, 5.41) is 11.1. The zero-order chi connectivity index (χ0) is 12.3. The summed E-state index contributed by atoms with van der Waals surface area (Å²) in [5.74, 6) is -1.04. The van der Waals surface area contributed by atoms with Crippen LogP contribution in [0.3, 0.4) is 0 Å². The minimum absolute atomic E-state index is 0.358. The summed E-state index contributed by atoms with van der Waals surface area (Å²) in [6, 6.07) is -1.24. The molecule has 2 amide bonds. The molecule has 1 fully saturated rings. The topological polar surface area (TPSA) is 78.9 Å². The second-order valence-corrected chi connectivity index (χ2v) is 4.53. The van der Waals surface area contributed by atoms with Gasteiger partial charge in [-0.15, -0.1) is 0 Å². The van der Waals surface area contributed by atoms with Gasteiger partial charge >= 0.3 is 12.0 Å². The zero-order valence-electron chi connectivity index (χ0n) is 9.82. The number of carbonyl (C=O) groups is 2. The summed E-state index contributed by atoms with van der Waals surface area (Å²) in [5.41, 5.74) is -0.402. The summed E-state index contributed by atoms with van der Waals surface area (Å²) in [4.78, 5) is 24.1. The molecule has 1 atom stereocenters. The number of amides is 2. The largest absolute Gasteiger partial charge is 0.480 e. The maximum absolute atomic E-state index is 11.8. The highest BCUT2D eigenvalue weighted by atomic mass is 16.5. The summed E-state index contributed by atoms with van der Waals surface area (Å²) >= 11 is 0.